The van der Waals surface area contributed by atoms with E-state index in [1.54, 1.807) is 12.1 Å². The number of ketones is 1. The van der Waals surface area contributed by atoms with Gasteiger partial charge < -0.3 is 4.90 Å². The van der Waals surface area contributed by atoms with Crippen molar-refractivity contribution in [3.63, 3.8) is 0 Å². The lowest BCUT2D eigenvalue weighted by Gasteiger charge is -2.29. The van der Waals surface area contributed by atoms with Gasteiger partial charge in [-0.25, -0.2) is 4.39 Å². The summed E-state index contributed by atoms with van der Waals surface area (Å²) in [6.45, 7) is 2.46. The summed E-state index contributed by atoms with van der Waals surface area (Å²) in [5.41, 5.74) is 1.26. The van der Waals surface area contributed by atoms with Gasteiger partial charge in [-0.2, -0.15) is 0 Å². The van der Waals surface area contributed by atoms with Gasteiger partial charge in [0.05, 0.1) is 10.6 Å². The van der Waals surface area contributed by atoms with Gasteiger partial charge >= 0.3 is 0 Å². The van der Waals surface area contributed by atoms with Crippen LogP contribution in [0.1, 0.15) is 39.4 Å². The SMILES string of the molecule is Cc1ccc(C(=O)CCC(=O)N2CCCc3cccc(F)c32)s1. The van der Waals surface area contributed by atoms with Crippen molar-refractivity contribution < 1.29 is 14.0 Å². The van der Waals surface area contributed by atoms with Gasteiger partial charge in [0.25, 0.3) is 0 Å². The molecule has 0 saturated carbocycles. The second kappa shape index (κ2) is 6.62. The van der Waals surface area contributed by atoms with Crippen LogP contribution >= 0.6 is 11.3 Å². The Balaban J connectivity index is 1.69. The van der Waals surface area contributed by atoms with Crippen molar-refractivity contribution in [3.05, 3.63) is 51.5 Å². The second-order valence-electron chi connectivity index (χ2n) is 5.73. The first kappa shape index (κ1) is 15.9. The predicted octanol–water partition coefficient (Wildman–Crippen LogP) is 4.14. The van der Waals surface area contributed by atoms with E-state index in [2.05, 4.69) is 0 Å². The highest BCUT2D eigenvalue weighted by molar-refractivity contribution is 7.14. The molecule has 0 unspecified atom stereocenters. The Labute approximate surface area is 138 Å². The minimum absolute atomic E-state index is 0.0257. The van der Waals surface area contributed by atoms with Crippen LogP contribution in [0.2, 0.25) is 0 Å². The third-order valence-corrected chi connectivity index (χ3v) is 5.09. The Bertz CT molecular complexity index is 753. The Morgan fingerprint density at radius 2 is 2.04 bits per heavy atom. The van der Waals surface area contributed by atoms with E-state index in [4.69, 9.17) is 0 Å². The molecule has 1 amide bonds. The highest BCUT2D eigenvalue weighted by Crippen LogP contribution is 2.30. The number of carbonyl (C=O) groups is 2. The minimum Gasteiger partial charge on any atom is -0.309 e. The maximum Gasteiger partial charge on any atom is 0.227 e. The van der Waals surface area contributed by atoms with Gasteiger partial charge in [-0.05, 0) is 43.5 Å². The van der Waals surface area contributed by atoms with Crippen LogP contribution in [0, 0.1) is 12.7 Å². The van der Waals surface area contributed by atoms with E-state index in [1.165, 1.54) is 22.3 Å². The van der Waals surface area contributed by atoms with Crippen molar-refractivity contribution in [2.45, 2.75) is 32.6 Å². The van der Waals surface area contributed by atoms with Crippen LogP contribution in [0.25, 0.3) is 0 Å². The average Bonchev–Trinajstić information content (AvgIpc) is 2.98. The lowest BCUT2D eigenvalue weighted by molar-refractivity contribution is -0.118. The van der Waals surface area contributed by atoms with Crippen molar-refractivity contribution in [2.24, 2.45) is 0 Å². The largest absolute Gasteiger partial charge is 0.309 e. The summed E-state index contributed by atoms with van der Waals surface area (Å²) in [7, 11) is 0. The zero-order valence-electron chi connectivity index (χ0n) is 13.0. The summed E-state index contributed by atoms with van der Waals surface area (Å²) in [4.78, 5) is 27.8. The van der Waals surface area contributed by atoms with Crippen LogP contribution in [0.5, 0.6) is 0 Å². The molecule has 0 spiro atoms. The van der Waals surface area contributed by atoms with Crippen LogP contribution in [0.15, 0.2) is 30.3 Å². The van der Waals surface area contributed by atoms with Crippen molar-refractivity contribution in [1.29, 1.82) is 0 Å². The fourth-order valence-electron chi connectivity index (χ4n) is 2.92. The first-order valence-electron chi connectivity index (χ1n) is 7.73. The molecule has 5 heteroatoms. The Kier molecular flexibility index (Phi) is 4.57. The van der Waals surface area contributed by atoms with Gasteiger partial charge in [-0.15, -0.1) is 11.3 Å². The minimum atomic E-state index is -0.365. The molecular weight excluding hydrogens is 313 g/mol. The van der Waals surface area contributed by atoms with E-state index in [0.717, 1.165) is 23.3 Å². The number of thiophene rings is 1. The molecule has 0 N–H and O–H groups in total. The van der Waals surface area contributed by atoms with Crippen molar-refractivity contribution >= 4 is 28.7 Å². The molecular formula is C18H18FNO2S. The summed E-state index contributed by atoms with van der Waals surface area (Å²) >= 11 is 1.44. The molecule has 1 aromatic carbocycles. The molecule has 1 aliphatic rings. The molecule has 0 fully saturated rings. The normalized spacial score (nSPS) is 13.7. The monoisotopic (exact) mass is 331 g/mol. The molecule has 1 aliphatic heterocycles. The van der Waals surface area contributed by atoms with Gasteiger partial charge in [-0.1, -0.05) is 12.1 Å². The van der Waals surface area contributed by atoms with Gasteiger partial charge in [0.2, 0.25) is 5.91 Å². The number of fused-ring (bicyclic) bond motifs is 1. The van der Waals surface area contributed by atoms with Gasteiger partial charge in [-0.3, -0.25) is 9.59 Å². The number of para-hydroxylation sites is 1. The summed E-state index contributed by atoms with van der Waals surface area (Å²) in [6.07, 6.45) is 1.88. The quantitative estimate of drug-likeness (QED) is 0.790. The maximum atomic E-state index is 14.1. The number of Topliss-reactive ketones (excluding diaryl/α,β-unsaturated/α-hetero) is 1. The fraction of sp³-hybridized carbons (Fsp3) is 0.333. The third kappa shape index (κ3) is 3.34. The molecule has 0 atom stereocenters. The standard InChI is InChI=1S/C18H18FNO2S/c1-12-7-9-16(23-12)15(21)8-10-17(22)20-11-3-5-13-4-2-6-14(19)18(13)20/h2,4,6-7,9H,3,5,8,10-11H2,1H3. The Morgan fingerprint density at radius 1 is 1.22 bits per heavy atom. The van der Waals surface area contributed by atoms with E-state index >= 15 is 0 Å². The first-order valence-corrected chi connectivity index (χ1v) is 8.55. The predicted molar refractivity (Wildman–Crippen MR) is 89.7 cm³/mol. The van der Waals surface area contributed by atoms with Crippen LogP contribution in [0.4, 0.5) is 10.1 Å². The smallest absolute Gasteiger partial charge is 0.227 e. The molecule has 2 heterocycles. The van der Waals surface area contributed by atoms with E-state index in [9.17, 15) is 14.0 Å². The molecule has 120 valence electrons. The molecule has 23 heavy (non-hydrogen) atoms. The number of carbonyl (C=O) groups excluding carboxylic acids is 2. The van der Waals surface area contributed by atoms with Crippen LogP contribution in [-0.4, -0.2) is 18.2 Å². The molecule has 0 aliphatic carbocycles. The fourth-order valence-corrected chi connectivity index (χ4v) is 3.75. The Hall–Kier alpha value is -2.01. The number of hydrogen-bond acceptors (Lipinski definition) is 3. The number of amides is 1. The molecule has 0 saturated heterocycles. The van der Waals surface area contributed by atoms with Crippen molar-refractivity contribution in [2.75, 3.05) is 11.4 Å². The Morgan fingerprint density at radius 3 is 2.78 bits per heavy atom. The second-order valence-corrected chi connectivity index (χ2v) is 7.02. The van der Waals surface area contributed by atoms with Gasteiger partial charge in [0, 0.05) is 24.3 Å². The summed E-state index contributed by atoms with van der Waals surface area (Å²) in [5, 5.41) is 0. The van der Waals surface area contributed by atoms with E-state index < -0.39 is 0 Å². The third-order valence-electron chi connectivity index (χ3n) is 4.05. The molecule has 0 radical (unpaired) electrons. The zero-order valence-corrected chi connectivity index (χ0v) is 13.8. The topological polar surface area (TPSA) is 37.4 Å². The summed E-state index contributed by atoms with van der Waals surface area (Å²) < 4.78 is 14.1. The molecule has 1 aromatic heterocycles. The van der Waals surface area contributed by atoms with E-state index in [-0.39, 0.29) is 30.3 Å². The maximum absolute atomic E-state index is 14.1. The van der Waals surface area contributed by atoms with Gasteiger partial charge in [0.15, 0.2) is 5.78 Å². The van der Waals surface area contributed by atoms with Crippen molar-refractivity contribution in [3.8, 4) is 0 Å². The lowest BCUT2D eigenvalue weighted by Crippen LogP contribution is -2.36. The molecule has 3 rings (SSSR count). The number of aryl methyl sites for hydroxylation is 2. The number of benzene rings is 1. The number of nitrogens with zero attached hydrogens (tertiary/aromatic N) is 1. The lowest BCUT2D eigenvalue weighted by atomic mass is 10.0. The molecule has 0 bridgehead atoms. The van der Waals surface area contributed by atoms with E-state index in [1.807, 2.05) is 19.1 Å². The summed E-state index contributed by atoms with van der Waals surface area (Å²) in [6, 6.07) is 8.60. The van der Waals surface area contributed by atoms with Crippen LogP contribution < -0.4 is 4.90 Å². The van der Waals surface area contributed by atoms with Crippen LogP contribution in [-0.2, 0) is 11.2 Å². The highest BCUT2D eigenvalue weighted by atomic mass is 32.1. The average molecular weight is 331 g/mol. The molecule has 2 aromatic rings. The summed E-state index contributed by atoms with van der Waals surface area (Å²) in [5.74, 6) is -0.573. The number of anilines is 1. The zero-order chi connectivity index (χ0) is 16.4. The van der Waals surface area contributed by atoms with Gasteiger partial charge in [0.1, 0.15) is 5.82 Å². The highest BCUT2D eigenvalue weighted by Gasteiger charge is 2.25. The molecule has 3 nitrogen and oxygen atoms in total. The first-order chi connectivity index (χ1) is 11.1. The number of hydrogen-bond donors (Lipinski definition) is 0. The number of rotatable bonds is 4. The number of halogens is 1. The van der Waals surface area contributed by atoms with E-state index in [0.29, 0.717) is 17.1 Å². The van der Waals surface area contributed by atoms with Crippen LogP contribution in [0.3, 0.4) is 0 Å². The van der Waals surface area contributed by atoms with Crippen molar-refractivity contribution in [1.82, 2.24) is 0 Å².